The Labute approximate surface area is 266 Å². The van der Waals surface area contributed by atoms with Crippen LogP contribution >= 0.6 is 56.5 Å². The number of phenolic OH excluding ortho intramolecular Hbond substituents is 1. The molecule has 0 fully saturated rings. The van der Waals surface area contributed by atoms with Crippen molar-refractivity contribution in [2.24, 2.45) is 4.99 Å². The molecule has 210 valence electrons. The van der Waals surface area contributed by atoms with Crippen molar-refractivity contribution in [1.82, 2.24) is 4.57 Å². The van der Waals surface area contributed by atoms with Crippen molar-refractivity contribution in [3.63, 3.8) is 0 Å². The van der Waals surface area contributed by atoms with Gasteiger partial charge in [0.1, 0.15) is 5.75 Å². The number of aromatic hydroxyl groups is 1. The topological polar surface area (TPSA) is 99.4 Å². The van der Waals surface area contributed by atoms with Crippen molar-refractivity contribution >= 4 is 74.3 Å². The molecule has 5 rings (SSSR count). The molecule has 0 aliphatic carbocycles. The monoisotopic (exact) mass is 794 g/mol. The number of carbonyl (C=O) groups excluding carboxylic acids is 1. The molecule has 1 aliphatic rings. The molecule has 1 aromatic heterocycles. The van der Waals surface area contributed by atoms with E-state index in [0.29, 0.717) is 39.2 Å². The van der Waals surface area contributed by atoms with E-state index < -0.39 is 12.0 Å². The summed E-state index contributed by atoms with van der Waals surface area (Å²) in [5.74, 6) is 0.614. The Bertz CT molecular complexity index is 1840. The normalized spacial score (nSPS) is 14.9. The van der Waals surface area contributed by atoms with E-state index in [9.17, 15) is 14.7 Å². The highest BCUT2D eigenvalue weighted by atomic mass is 127. The van der Waals surface area contributed by atoms with Crippen molar-refractivity contribution in [1.29, 1.82) is 0 Å². The Balaban J connectivity index is 1.84. The first-order valence-corrected chi connectivity index (χ1v) is 15.4. The smallest absolute Gasteiger partial charge is 0.338 e. The highest BCUT2D eigenvalue weighted by Gasteiger charge is 2.35. The van der Waals surface area contributed by atoms with Gasteiger partial charge in [0.25, 0.3) is 5.56 Å². The van der Waals surface area contributed by atoms with E-state index in [4.69, 9.17) is 19.2 Å². The molecular formula is C30H24I2N2O6S. The minimum absolute atomic E-state index is 0.158. The first-order valence-electron chi connectivity index (χ1n) is 12.5. The van der Waals surface area contributed by atoms with E-state index in [1.807, 2.05) is 42.5 Å². The third-order valence-corrected chi connectivity index (χ3v) is 9.06. The molecule has 0 radical (unpaired) electrons. The van der Waals surface area contributed by atoms with Crippen LogP contribution in [-0.4, -0.2) is 36.5 Å². The van der Waals surface area contributed by atoms with Crippen LogP contribution in [0.5, 0.6) is 17.2 Å². The fourth-order valence-corrected chi connectivity index (χ4v) is 7.42. The van der Waals surface area contributed by atoms with Crippen LogP contribution in [0.2, 0.25) is 0 Å². The van der Waals surface area contributed by atoms with Gasteiger partial charge in [0.05, 0.1) is 49.8 Å². The minimum Gasteiger partial charge on any atom is -0.506 e. The zero-order valence-electron chi connectivity index (χ0n) is 22.2. The number of benzene rings is 3. The van der Waals surface area contributed by atoms with Crippen molar-refractivity contribution in [2.45, 2.75) is 13.0 Å². The van der Waals surface area contributed by atoms with Gasteiger partial charge >= 0.3 is 5.97 Å². The average Bonchev–Trinajstić information content (AvgIpc) is 3.29. The molecule has 4 aromatic rings. The quantitative estimate of drug-likeness (QED) is 0.212. The molecule has 0 saturated carbocycles. The molecular weight excluding hydrogens is 770 g/mol. The van der Waals surface area contributed by atoms with Crippen LogP contribution in [0, 0.1) is 7.14 Å². The van der Waals surface area contributed by atoms with Crippen molar-refractivity contribution in [2.75, 3.05) is 20.8 Å². The SMILES string of the molecule is CCOC(=O)C1=C(c2ccccc2)N=c2s/c(=C\c3cc(I)c(O)c(I)c3)c(=O)n2[C@@H]1c1ccc(OC)c(OC)c1. The summed E-state index contributed by atoms with van der Waals surface area (Å²) in [6.07, 6.45) is 1.77. The number of esters is 1. The van der Waals surface area contributed by atoms with Gasteiger partial charge in [0.2, 0.25) is 0 Å². The predicted molar refractivity (Wildman–Crippen MR) is 174 cm³/mol. The van der Waals surface area contributed by atoms with Gasteiger partial charge in [-0.2, -0.15) is 0 Å². The van der Waals surface area contributed by atoms with Crippen LogP contribution < -0.4 is 24.4 Å². The summed E-state index contributed by atoms with van der Waals surface area (Å²) >= 11 is 5.35. The van der Waals surface area contributed by atoms with E-state index in [-0.39, 0.29) is 23.5 Å². The summed E-state index contributed by atoms with van der Waals surface area (Å²) < 4.78 is 19.8. The Kier molecular flexibility index (Phi) is 8.85. The molecule has 1 atom stereocenters. The van der Waals surface area contributed by atoms with Gasteiger partial charge in [-0.3, -0.25) is 9.36 Å². The highest BCUT2D eigenvalue weighted by Crippen LogP contribution is 2.38. The zero-order valence-corrected chi connectivity index (χ0v) is 27.3. The van der Waals surface area contributed by atoms with Crippen molar-refractivity contribution in [3.8, 4) is 17.2 Å². The van der Waals surface area contributed by atoms with Crippen LogP contribution in [0.15, 0.2) is 76.0 Å². The first kappa shape index (κ1) is 29.3. The van der Waals surface area contributed by atoms with Gasteiger partial charge in [-0.1, -0.05) is 47.7 Å². The van der Waals surface area contributed by atoms with E-state index in [0.717, 1.165) is 11.1 Å². The molecule has 3 aromatic carbocycles. The molecule has 0 amide bonds. The number of carbonyl (C=O) groups is 1. The predicted octanol–water partition coefficient (Wildman–Crippen LogP) is 4.87. The lowest BCUT2D eigenvalue weighted by molar-refractivity contribution is -0.138. The molecule has 0 spiro atoms. The molecule has 0 bridgehead atoms. The maximum absolute atomic E-state index is 14.1. The Hall–Kier alpha value is -3.17. The summed E-state index contributed by atoms with van der Waals surface area (Å²) in [5.41, 5.74) is 2.50. The van der Waals surface area contributed by atoms with Gasteiger partial charge in [0.15, 0.2) is 16.3 Å². The maximum atomic E-state index is 14.1. The largest absolute Gasteiger partial charge is 0.506 e. The fourth-order valence-electron chi connectivity index (χ4n) is 4.60. The standard InChI is InChI=1S/C30H24I2N2O6S/c1-4-40-29(37)24-25(17-8-6-5-7-9-17)33-30-34(26(24)18-10-11-21(38-2)22(15-18)39-3)28(36)23(41-30)14-16-12-19(31)27(35)20(32)13-16/h5-15,26,35H,4H2,1-3H3/b23-14-/t26-/m1/s1. The average molecular weight is 794 g/mol. The van der Waals surface area contributed by atoms with Gasteiger partial charge in [-0.05, 0) is 93.6 Å². The number of hydrogen-bond acceptors (Lipinski definition) is 8. The Morgan fingerprint density at radius 1 is 1.05 bits per heavy atom. The second-order valence-corrected chi connectivity index (χ2v) is 12.2. The number of hydrogen-bond donors (Lipinski definition) is 1. The molecule has 0 unspecified atom stereocenters. The molecule has 1 N–H and O–H groups in total. The number of thiazole rings is 1. The lowest BCUT2D eigenvalue weighted by Gasteiger charge is -2.26. The molecule has 41 heavy (non-hydrogen) atoms. The van der Waals surface area contributed by atoms with Crippen LogP contribution in [0.25, 0.3) is 11.8 Å². The number of methoxy groups -OCH3 is 2. The number of ether oxygens (including phenoxy) is 3. The van der Waals surface area contributed by atoms with Crippen LogP contribution in [-0.2, 0) is 9.53 Å². The van der Waals surface area contributed by atoms with Crippen molar-refractivity contribution < 1.29 is 24.1 Å². The number of rotatable bonds is 7. The summed E-state index contributed by atoms with van der Waals surface area (Å²) in [5, 5.41) is 10.2. The number of fused-ring (bicyclic) bond motifs is 1. The Morgan fingerprint density at radius 2 is 1.73 bits per heavy atom. The van der Waals surface area contributed by atoms with E-state index in [1.54, 1.807) is 38.3 Å². The van der Waals surface area contributed by atoms with Crippen LogP contribution in [0.4, 0.5) is 0 Å². The lowest BCUT2D eigenvalue weighted by atomic mass is 9.93. The Morgan fingerprint density at radius 3 is 2.37 bits per heavy atom. The minimum atomic E-state index is -0.845. The number of phenols is 1. The zero-order chi connectivity index (χ0) is 29.3. The fraction of sp³-hybridized carbons (Fsp3) is 0.167. The van der Waals surface area contributed by atoms with Gasteiger partial charge in [-0.15, -0.1) is 0 Å². The molecule has 8 nitrogen and oxygen atoms in total. The third kappa shape index (κ3) is 5.66. The van der Waals surface area contributed by atoms with E-state index in [2.05, 4.69) is 45.2 Å². The van der Waals surface area contributed by atoms with Gasteiger partial charge in [-0.25, -0.2) is 9.79 Å². The highest BCUT2D eigenvalue weighted by molar-refractivity contribution is 14.1. The molecule has 11 heteroatoms. The summed E-state index contributed by atoms with van der Waals surface area (Å²) in [6.45, 7) is 1.90. The maximum Gasteiger partial charge on any atom is 0.338 e. The summed E-state index contributed by atoms with van der Waals surface area (Å²) in [7, 11) is 3.08. The number of aromatic nitrogens is 1. The molecule has 0 saturated heterocycles. The second-order valence-electron chi connectivity index (χ2n) is 8.88. The lowest BCUT2D eigenvalue weighted by Crippen LogP contribution is -2.40. The first-order chi connectivity index (χ1) is 19.8. The third-order valence-electron chi connectivity index (χ3n) is 6.43. The molecule has 1 aliphatic heterocycles. The van der Waals surface area contributed by atoms with Crippen LogP contribution in [0.1, 0.15) is 29.7 Å². The number of halogens is 2. The summed E-state index contributed by atoms with van der Waals surface area (Å²) in [6, 6.07) is 17.5. The van der Waals surface area contributed by atoms with Crippen LogP contribution in [0.3, 0.4) is 0 Å². The van der Waals surface area contributed by atoms with E-state index in [1.165, 1.54) is 23.0 Å². The van der Waals surface area contributed by atoms with Crippen molar-refractivity contribution in [3.05, 3.63) is 110 Å². The number of nitrogens with zero attached hydrogens (tertiary/aromatic N) is 2. The molecule has 2 heterocycles. The van der Waals surface area contributed by atoms with Gasteiger partial charge in [0, 0.05) is 5.56 Å². The second kappa shape index (κ2) is 12.4. The summed E-state index contributed by atoms with van der Waals surface area (Å²) in [4.78, 5) is 33.0. The van der Waals surface area contributed by atoms with E-state index >= 15 is 0 Å². The van der Waals surface area contributed by atoms with Gasteiger partial charge < -0.3 is 19.3 Å².